The summed E-state index contributed by atoms with van der Waals surface area (Å²) in [5.41, 5.74) is 0. The van der Waals surface area contributed by atoms with E-state index >= 15 is 0 Å². The first-order valence-electron chi connectivity index (χ1n) is 27.2. The molecule has 0 aromatic rings. The number of hydrogen-bond acceptors (Lipinski definition) is 3. The maximum absolute atomic E-state index is 12.5. The van der Waals surface area contributed by atoms with E-state index in [1.807, 2.05) is 6.08 Å². The summed E-state index contributed by atoms with van der Waals surface area (Å²) >= 11 is 0. The first-order valence-corrected chi connectivity index (χ1v) is 27.2. The molecule has 360 valence electrons. The molecule has 1 amide bonds. The topological polar surface area (TPSA) is 69.6 Å². The molecule has 0 aliphatic carbocycles. The Balaban J connectivity index is 3.56. The Morgan fingerprint density at radius 1 is 0.403 bits per heavy atom. The van der Waals surface area contributed by atoms with Crippen LogP contribution in [0.15, 0.2) is 72.9 Å². The van der Waals surface area contributed by atoms with Gasteiger partial charge in [-0.3, -0.25) is 4.79 Å². The molecule has 0 aliphatic rings. The minimum absolute atomic E-state index is 0.0788. The summed E-state index contributed by atoms with van der Waals surface area (Å²) in [5, 5.41) is 23.1. The molecular formula is C58H105NO3. The molecule has 62 heavy (non-hydrogen) atoms. The van der Waals surface area contributed by atoms with Gasteiger partial charge in [-0.15, -0.1) is 0 Å². The zero-order chi connectivity index (χ0) is 44.9. The zero-order valence-electron chi connectivity index (χ0n) is 41.4. The number of carbonyl (C=O) groups is 1. The molecule has 0 aromatic carbocycles. The van der Waals surface area contributed by atoms with E-state index in [1.54, 1.807) is 6.08 Å². The van der Waals surface area contributed by atoms with Crippen LogP contribution in [0.3, 0.4) is 0 Å². The van der Waals surface area contributed by atoms with Crippen molar-refractivity contribution in [3.63, 3.8) is 0 Å². The number of allylic oxidation sites excluding steroid dienone is 11. The number of aliphatic hydroxyl groups excluding tert-OH is 2. The third-order valence-corrected chi connectivity index (χ3v) is 12.2. The van der Waals surface area contributed by atoms with Crippen LogP contribution < -0.4 is 5.32 Å². The van der Waals surface area contributed by atoms with Crippen molar-refractivity contribution in [2.24, 2.45) is 0 Å². The number of nitrogens with one attached hydrogen (secondary N) is 1. The maximum atomic E-state index is 12.5. The van der Waals surface area contributed by atoms with Crippen molar-refractivity contribution in [2.75, 3.05) is 6.61 Å². The van der Waals surface area contributed by atoms with Gasteiger partial charge in [0, 0.05) is 6.42 Å². The van der Waals surface area contributed by atoms with E-state index in [9.17, 15) is 15.0 Å². The summed E-state index contributed by atoms with van der Waals surface area (Å²) in [6, 6.07) is -0.646. The van der Waals surface area contributed by atoms with E-state index in [-0.39, 0.29) is 12.5 Å². The number of unbranched alkanes of at least 4 members (excludes halogenated alkanes) is 32. The van der Waals surface area contributed by atoms with Gasteiger partial charge in [0.05, 0.1) is 18.8 Å². The van der Waals surface area contributed by atoms with Gasteiger partial charge >= 0.3 is 0 Å². The van der Waals surface area contributed by atoms with Gasteiger partial charge in [-0.25, -0.2) is 0 Å². The Kier molecular flexibility index (Phi) is 51.3. The maximum Gasteiger partial charge on any atom is 0.220 e. The molecule has 0 radical (unpaired) electrons. The highest BCUT2D eigenvalue weighted by Crippen LogP contribution is 2.16. The van der Waals surface area contributed by atoms with E-state index < -0.39 is 12.1 Å². The Bertz CT molecular complexity index is 1070. The number of carbonyl (C=O) groups excluding carboxylic acids is 1. The van der Waals surface area contributed by atoms with Gasteiger partial charge in [0.2, 0.25) is 5.91 Å². The number of amides is 1. The standard InChI is InChI=1S/C58H105NO3/c1-3-5-7-9-11-13-15-17-19-21-23-25-27-28-29-30-32-33-35-37-39-41-43-45-47-49-51-53-57(61)56(55-60)59-58(62)54-52-50-48-46-44-42-40-38-36-34-31-26-24-22-20-18-16-14-12-10-8-6-4-2/h6,8,12,14,18,20,24,26,43,45,51,53,56-57,60-61H,3-5,7,9-11,13,15-17,19,21-23,25,27-42,44,46-50,52,54-55H2,1-2H3,(H,59,62)/b8-6-,14-12-,20-18-,26-24-,45-43+,53-51+. The molecule has 4 heteroatoms. The fraction of sp³-hybridized carbons (Fsp3) is 0.776. The lowest BCUT2D eigenvalue weighted by molar-refractivity contribution is -0.123. The van der Waals surface area contributed by atoms with Crippen LogP contribution in [0.5, 0.6) is 0 Å². The van der Waals surface area contributed by atoms with Crippen LogP contribution in [-0.4, -0.2) is 34.9 Å². The van der Waals surface area contributed by atoms with Crippen molar-refractivity contribution in [3.05, 3.63) is 72.9 Å². The van der Waals surface area contributed by atoms with E-state index in [4.69, 9.17) is 0 Å². The summed E-state index contributed by atoms with van der Waals surface area (Å²) < 4.78 is 0. The molecule has 4 nitrogen and oxygen atoms in total. The van der Waals surface area contributed by atoms with Crippen molar-refractivity contribution in [3.8, 4) is 0 Å². The lowest BCUT2D eigenvalue weighted by atomic mass is 10.0. The Morgan fingerprint density at radius 3 is 1.13 bits per heavy atom. The Morgan fingerprint density at radius 2 is 0.726 bits per heavy atom. The third-order valence-electron chi connectivity index (χ3n) is 12.2. The fourth-order valence-corrected chi connectivity index (χ4v) is 8.07. The first-order chi connectivity index (χ1) is 30.7. The monoisotopic (exact) mass is 864 g/mol. The molecule has 2 unspecified atom stereocenters. The number of aliphatic hydroxyl groups is 2. The predicted octanol–water partition coefficient (Wildman–Crippen LogP) is 17.8. The molecule has 3 N–H and O–H groups in total. The minimum atomic E-state index is -0.869. The molecule has 0 bridgehead atoms. The van der Waals surface area contributed by atoms with E-state index in [0.717, 1.165) is 57.8 Å². The normalized spacial score (nSPS) is 13.4. The summed E-state index contributed by atoms with van der Waals surface area (Å²) in [6.07, 6.45) is 76.3. The lowest BCUT2D eigenvalue weighted by Gasteiger charge is -2.19. The summed E-state index contributed by atoms with van der Waals surface area (Å²) in [7, 11) is 0. The second-order valence-electron chi connectivity index (χ2n) is 18.3. The van der Waals surface area contributed by atoms with Crippen molar-refractivity contribution in [2.45, 2.75) is 283 Å². The first kappa shape index (κ1) is 59.8. The van der Waals surface area contributed by atoms with Crippen LogP contribution >= 0.6 is 0 Å². The van der Waals surface area contributed by atoms with E-state index in [0.29, 0.717) is 6.42 Å². The average Bonchev–Trinajstić information content (AvgIpc) is 3.28. The van der Waals surface area contributed by atoms with Gasteiger partial charge in [0.15, 0.2) is 0 Å². The Hall–Kier alpha value is -2.17. The fourth-order valence-electron chi connectivity index (χ4n) is 8.07. The summed E-state index contributed by atoms with van der Waals surface area (Å²) in [4.78, 5) is 12.5. The van der Waals surface area contributed by atoms with Crippen LogP contribution in [0.25, 0.3) is 0 Å². The van der Waals surface area contributed by atoms with Gasteiger partial charge in [-0.05, 0) is 70.6 Å². The highest BCUT2D eigenvalue weighted by Gasteiger charge is 2.17. The van der Waals surface area contributed by atoms with Crippen LogP contribution in [0.4, 0.5) is 0 Å². The van der Waals surface area contributed by atoms with Crippen molar-refractivity contribution >= 4 is 5.91 Å². The molecule has 0 spiro atoms. The highest BCUT2D eigenvalue weighted by molar-refractivity contribution is 5.76. The number of rotatable bonds is 49. The lowest BCUT2D eigenvalue weighted by Crippen LogP contribution is -2.45. The van der Waals surface area contributed by atoms with Gasteiger partial charge in [0.25, 0.3) is 0 Å². The number of hydrogen-bond donors (Lipinski definition) is 3. The SMILES string of the molecule is CC/C=C\C/C=C\C/C=C\C/C=C\CCCCCCCCCCCCC(=O)NC(CO)C(O)/C=C/CC/C=C/CCCCCCCCCCCCCCCCCCCCCCC. The molecule has 0 rings (SSSR count). The van der Waals surface area contributed by atoms with Gasteiger partial charge in [0.1, 0.15) is 0 Å². The van der Waals surface area contributed by atoms with Crippen molar-refractivity contribution in [1.82, 2.24) is 5.32 Å². The Labute approximate surface area is 387 Å². The zero-order valence-corrected chi connectivity index (χ0v) is 41.4. The predicted molar refractivity (Wildman–Crippen MR) is 276 cm³/mol. The van der Waals surface area contributed by atoms with Crippen LogP contribution in [0, 0.1) is 0 Å². The summed E-state index contributed by atoms with van der Waals surface area (Å²) in [5.74, 6) is -0.0788. The van der Waals surface area contributed by atoms with Crippen LogP contribution in [0.2, 0.25) is 0 Å². The highest BCUT2D eigenvalue weighted by atomic mass is 16.3. The smallest absolute Gasteiger partial charge is 0.220 e. The second kappa shape index (κ2) is 53.2. The molecule has 0 saturated heterocycles. The van der Waals surface area contributed by atoms with Crippen LogP contribution in [-0.2, 0) is 4.79 Å². The van der Waals surface area contributed by atoms with Crippen molar-refractivity contribution in [1.29, 1.82) is 0 Å². The van der Waals surface area contributed by atoms with E-state index in [1.165, 1.54) is 193 Å². The van der Waals surface area contributed by atoms with Crippen LogP contribution in [0.1, 0.15) is 271 Å². The largest absolute Gasteiger partial charge is 0.394 e. The average molecular weight is 864 g/mol. The van der Waals surface area contributed by atoms with Gasteiger partial charge in [-0.1, -0.05) is 267 Å². The molecule has 0 fully saturated rings. The van der Waals surface area contributed by atoms with Crippen molar-refractivity contribution < 1.29 is 15.0 Å². The quantitative estimate of drug-likeness (QED) is 0.0421. The molecular weight excluding hydrogens is 759 g/mol. The van der Waals surface area contributed by atoms with Gasteiger partial charge < -0.3 is 15.5 Å². The van der Waals surface area contributed by atoms with E-state index in [2.05, 4.69) is 79.9 Å². The minimum Gasteiger partial charge on any atom is -0.394 e. The second-order valence-corrected chi connectivity index (χ2v) is 18.3. The molecule has 0 aromatic heterocycles. The molecule has 0 aliphatic heterocycles. The third kappa shape index (κ3) is 48.9. The van der Waals surface area contributed by atoms with Gasteiger partial charge in [-0.2, -0.15) is 0 Å². The molecule has 2 atom stereocenters. The summed E-state index contributed by atoms with van der Waals surface area (Å²) in [6.45, 7) is 4.20. The molecule has 0 heterocycles. The molecule has 0 saturated carbocycles.